The van der Waals surface area contributed by atoms with Crippen LogP contribution < -0.4 is 0 Å². The van der Waals surface area contributed by atoms with Gasteiger partial charge < -0.3 is 4.90 Å². The fourth-order valence-electron chi connectivity index (χ4n) is 3.45. The fourth-order valence-corrected chi connectivity index (χ4v) is 3.45. The molecule has 3 heterocycles. The van der Waals surface area contributed by atoms with Crippen LogP contribution in [0.1, 0.15) is 34.9 Å². The number of benzene rings is 1. The van der Waals surface area contributed by atoms with E-state index in [9.17, 15) is 9.18 Å². The lowest BCUT2D eigenvalue weighted by molar-refractivity contribution is 0.0701. The molecule has 1 aliphatic rings. The number of likely N-dealkylation sites (tertiary alicyclic amines) is 1. The predicted octanol–water partition coefficient (Wildman–Crippen LogP) is 2.97. The van der Waals surface area contributed by atoms with E-state index in [0.29, 0.717) is 24.7 Å². The van der Waals surface area contributed by atoms with Crippen LogP contribution in [0.25, 0.3) is 11.3 Å². The highest BCUT2D eigenvalue weighted by molar-refractivity contribution is 5.92. The van der Waals surface area contributed by atoms with Crippen molar-refractivity contribution in [1.29, 1.82) is 0 Å². The molecule has 4 rings (SSSR count). The quantitative estimate of drug-likeness (QED) is 0.787. The van der Waals surface area contributed by atoms with Crippen LogP contribution in [-0.2, 0) is 7.05 Å². The minimum atomic E-state index is -0.255. The Morgan fingerprint density at radius 3 is 2.58 bits per heavy atom. The van der Waals surface area contributed by atoms with Gasteiger partial charge in [0, 0.05) is 43.5 Å². The third-order valence-corrected chi connectivity index (χ3v) is 5.00. The Balaban J connectivity index is 1.41. The minimum absolute atomic E-state index is 0.0278. The van der Waals surface area contributed by atoms with Crippen molar-refractivity contribution in [3.63, 3.8) is 0 Å². The van der Waals surface area contributed by atoms with E-state index in [-0.39, 0.29) is 11.7 Å². The molecule has 0 bridgehead atoms. The minimum Gasteiger partial charge on any atom is -0.337 e. The molecule has 26 heavy (non-hydrogen) atoms. The third-order valence-electron chi connectivity index (χ3n) is 5.00. The van der Waals surface area contributed by atoms with Gasteiger partial charge in [-0.15, -0.1) is 0 Å². The molecule has 1 N–H and O–H groups in total. The maximum absolute atomic E-state index is 13.1. The second kappa shape index (κ2) is 6.74. The van der Waals surface area contributed by atoms with Crippen molar-refractivity contribution in [2.24, 2.45) is 7.05 Å². The summed E-state index contributed by atoms with van der Waals surface area (Å²) in [6.45, 7) is 1.42. The molecule has 1 fully saturated rings. The average Bonchev–Trinajstić information content (AvgIpc) is 3.31. The molecule has 0 radical (unpaired) electrons. The smallest absolute Gasteiger partial charge is 0.272 e. The molecule has 0 saturated carbocycles. The molecule has 134 valence electrons. The first-order chi connectivity index (χ1) is 12.6. The van der Waals surface area contributed by atoms with E-state index in [0.717, 1.165) is 29.8 Å². The molecule has 0 atom stereocenters. The van der Waals surface area contributed by atoms with Crippen LogP contribution in [0.2, 0.25) is 0 Å². The van der Waals surface area contributed by atoms with Crippen molar-refractivity contribution < 1.29 is 9.18 Å². The monoisotopic (exact) mass is 353 g/mol. The molecule has 6 nitrogen and oxygen atoms in total. The van der Waals surface area contributed by atoms with E-state index in [1.165, 1.54) is 12.1 Å². The van der Waals surface area contributed by atoms with Gasteiger partial charge in [0.2, 0.25) is 0 Å². The second-order valence-electron chi connectivity index (χ2n) is 6.62. The maximum atomic E-state index is 13.1. The number of hydrogen-bond donors (Lipinski definition) is 1. The molecule has 3 aromatic rings. The summed E-state index contributed by atoms with van der Waals surface area (Å²) in [5, 5.41) is 11.5. The topological polar surface area (TPSA) is 66.8 Å². The highest BCUT2D eigenvalue weighted by atomic mass is 19.1. The number of aromatic amines is 1. The van der Waals surface area contributed by atoms with Gasteiger partial charge in [0.15, 0.2) is 0 Å². The summed E-state index contributed by atoms with van der Waals surface area (Å²) in [6.07, 6.45) is 3.41. The van der Waals surface area contributed by atoms with E-state index in [1.807, 2.05) is 11.0 Å². The Hall–Kier alpha value is -2.96. The van der Waals surface area contributed by atoms with E-state index < -0.39 is 0 Å². The van der Waals surface area contributed by atoms with Crippen LogP contribution in [0.3, 0.4) is 0 Å². The summed E-state index contributed by atoms with van der Waals surface area (Å²) in [5.41, 5.74) is 3.38. The number of piperidine rings is 1. The highest BCUT2D eigenvalue weighted by Crippen LogP contribution is 2.29. The maximum Gasteiger partial charge on any atom is 0.272 e. The van der Waals surface area contributed by atoms with Gasteiger partial charge in [-0.25, -0.2) is 4.39 Å². The molecule has 2 aromatic heterocycles. The van der Waals surface area contributed by atoms with Gasteiger partial charge in [-0.3, -0.25) is 14.6 Å². The number of amides is 1. The summed E-state index contributed by atoms with van der Waals surface area (Å²) in [6, 6.07) is 10.1. The third kappa shape index (κ3) is 3.12. The van der Waals surface area contributed by atoms with E-state index in [1.54, 1.807) is 36.1 Å². The molecule has 0 unspecified atom stereocenters. The van der Waals surface area contributed by atoms with Gasteiger partial charge in [-0.1, -0.05) is 0 Å². The molecule has 1 aliphatic heterocycles. The summed E-state index contributed by atoms with van der Waals surface area (Å²) < 4.78 is 14.7. The first-order valence-corrected chi connectivity index (χ1v) is 8.70. The van der Waals surface area contributed by atoms with Gasteiger partial charge >= 0.3 is 0 Å². The number of rotatable bonds is 3. The van der Waals surface area contributed by atoms with Crippen molar-refractivity contribution in [3.8, 4) is 11.3 Å². The van der Waals surface area contributed by atoms with Crippen LogP contribution in [0.5, 0.6) is 0 Å². The van der Waals surface area contributed by atoms with Gasteiger partial charge in [-0.05, 0) is 49.2 Å². The Morgan fingerprint density at radius 1 is 1.19 bits per heavy atom. The van der Waals surface area contributed by atoms with Crippen LogP contribution in [-0.4, -0.2) is 43.9 Å². The first-order valence-electron chi connectivity index (χ1n) is 8.70. The molecule has 7 heteroatoms. The predicted molar refractivity (Wildman–Crippen MR) is 95.1 cm³/mol. The summed E-state index contributed by atoms with van der Waals surface area (Å²) in [5.74, 6) is 0.113. The number of halogens is 1. The molecule has 1 aromatic carbocycles. The van der Waals surface area contributed by atoms with E-state index in [2.05, 4.69) is 15.3 Å². The zero-order chi connectivity index (χ0) is 18.1. The lowest BCUT2D eigenvalue weighted by Crippen LogP contribution is -2.38. The van der Waals surface area contributed by atoms with E-state index >= 15 is 0 Å². The molecular formula is C19H20FN5O. The molecule has 1 saturated heterocycles. The summed E-state index contributed by atoms with van der Waals surface area (Å²) in [7, 11) is 1.78. The Labute approximate surface area is 150 Å². The number of hydrogen-bond acceptors (Lipinski definition) is 3. The standard InChI is InChI=1S/C19H20FN5O/c1-24-18(6-9-21-24)19(26)25-10-7-14(8-11-25)17-12-16(22-23-17)13-2-4-15(20)5-3-13/h2-6,9,12,14H,7-8,10-11H2,1H3,(H,22,23). The van der Waals surface area contributed by atoms with Crippen molar-refractivity contribution in [1.82, 2.24) is 24.9 Å². The lowest BCUT2D eigenvalue weighted by Gasteiger charge is -2.31. The van der Waals surface area contributed by atoms with Crippen molar-refractivity contribution >= 4 is 5.91 Å². The average molecular weight is 353 g/mol. The highest BCUT2D eigenvalue weighted by Gasteiger charge is 2.27. The van der Waals surface area contributed by atoms with Gasteiger partial charge in [0.1, 0.15) is 11.5 Å². The van der Waals surface area contributed by atoms with Crippen LogP contribution in [0.4, 0.5) is 4.39 Å². The fraction of sp³-hybridized carbons (Fsp3) is 0.316. The van der Waals surface area contributed by atoms with Crippen LogP contribution in [0, 0.1) is 5.82 Å². The number of nitrogens with one attached hydrogen (secondary N) is 1. The summed E-state index contributed by atoms with van der Waals surface area (Å²) >= 11 is 0. The van der Waals surface area contributed by atoms with Gasteiger partial charge in [-0.2, -0.15) is 10.2 Å². The molecule has 0 spiro atoms. The van der Waals surface area contributed by atoms with Gasteiger partial charge in [0.05, 0.1) is 5.69 Å². The van der Waals surface area contributed by atoms with Crippen LogP contribution >= 0.6 is 0 Å². The van der Waals surface area contributed by atoms with Crippen LogP contribution in [0.15, 0.2) is 42.6 Å². The summed E-state index contributed by atoms with van der Waals surface area (Å²) in [4.78, 5) is 14.4. The van der Waals surface area contributed by atoms with Gasteiger partial charge in [0.25, 0.3) is 5.91 Å². The lowest BCUT2D eigenvalue weighted by atomic mass is 9.93. The second-order valence-corrected chi connectivity index (χ2v) is 6.62. The van der Waals surface area contributed by atoms with Crippen molar-refractivity contribution in [2.75, 3.05) is 13.1 Å². The molecule has 1 amide bonds. The van der Waals surface area contributed by atoms with E-state index in [4.69, 9.17) is 0 Å². The number of H-pyrrole nitrogens is 1. The van der Waals surface area contributed by atoms with Crippen molar-refractivity contribution in [3.05, 3.63) is 59.8 Å². The number of carbonyl (C=O) groups excluding carboxylic acids is 1. The number of aryl methyl sites for hydroxylation is 1. The molecular weight excluding hydrogens is 333 g/mol. The SMILES string of the molecule is Cn1nccc1C(=O)N1CCC(c2cc(-c3ccc(F)cc3)n[nH]2)CC1. The zero-order valence-corrected chi connectivity index (χ0v) is 14.5. The Morgan fingerprint density at radius 2 is 1.92 bits per heavy atom. The first kappa shape index (κ1) is 16.5. The van der Waals surface area contributed by atoms with Crippen molar-refractivity contribution in [2.45, 2.75) is 18.8 Å². The Bertz CT molecular complexity index is 906. The number of nitrogens with zero attached hydrogens (tertiary/aromatic N) is 4. The Kier molecular flexibility index (Phi) is 4.28. The molecule has 0 aliphatic carbocycles. The number of aromatic nitrogens is 4. The zero-order valence-electron chi connectivity index (χ0n) is 14.5. The number of carbonyl (C=O) groups is 1. The largest absolute Gasteiger partial charge is 0.337 e. The normalized spacial score (nSPS) is 15.4.